The van der Waals surface area contributed by atoms with Gasteiger partial charge in [-0.15, -0.1) is 0 Å². The summed E-state index contributed by atoms with van der Waals surface area (Å²) in [5.74, 6) is 0.366. The van der Waals surface area contributed by atoms with E-state index in [0.717, 1.165) is 27.7 Å². The van der Waals surface area contributed by atoms with Crippen LogP contribution in [0, 0.1) is 12.3 Å². The lowest BCUT2D eigenvalue weighted by Gasteiger charge is -2.32. The molecule has 0 radical (unpaired) electrons. The number of anilines is 1. The van der Waals surface area contributed by atoms with Gasteiger partial charge in [0.05, 0.1) is 22.0 Å². The monoisotopic (exact) mass is 394 g/mol. The van der Waals surface area contributed by atoms with E-state index in [4.69, 9.17) is 15.5 Å². The number of fused-ring (bicyclic) bond motifs is 1. The normalized spacial score (nSPS) is 13.9. The molecule has 0 fully saturated rings. The molecule has 0 aliphatic heterocycles. The second-order valence-electron chi connectivity index (χ2n) is 8.76. The average molecular weight is 395 g/mol. The van der Waals surface area contributed by atoms with E-state index in [2.05, 4.69) is 16.4 Å². The number of carbonyl (C=O) groups is 1. The second kappa shape index (κ2) is 7.87. The number of nitrogens with one attached hydrogen (secondary N) is 2. The maximum Gasteiger partial charge on any atom is 0.311 e. The number of carbonyl (C=O) groups excluding carboxylic acids is 1. The van der Waals surface area contributed by atoms with Crippen LogP contribution >= 0.6 is 0 Å². The first-order chi connectivity index (χ1) is 13.6. The third kappa shape index (κ3) is 4.59. The van der Waals surface area contributed by atoms with Crippen LogP contribution in [0.5, 0.6) is 0 Å². The summed E-state index contributed by atoms with van der Waals surface area (Å²) in [6, 6.07) is 14.1. The molecular formula is C23H30N4O2. The molecule has 154 valence electrons. The highest BCUT2D eigenvalue weighted by molar-refractivity contribution is 5.81. The van der Waals surface area contributed by atoms with Crippen molar-refractivity contribution in [3.63, 3.8) is 0 Å². The van der Waals surface area contributed by atoms with E-state index in [1.165, 1.54) is 0 Å². The van der Waals surface area contributed by atoms with Crippen molar-refractivity contribution < 1.29 is 9.53 Å². The number of hydrogen-bond donors (Lipinski definition) is 3. The Morgan fingerprint density at radius 1 is 1.17 bits per heavy atom. The fourth-order valence-electron chi connectivity index (χ4n) is 3.18. The van der Waals surface area contributed by atoms with Gasteiger partial charge in [0, 0.05) is 6.54 Å². The number of ether oxygens (including phenoxy) is 1. The van der Waals surface area contributed by atoms with E-state index in [-0.39, 0.29) is 12.6 Å². The minimum atomic E-state index is -0.663. The molecule has 1 atom stereocenters. The Morgan fingerprint density at radius 2 is 1.90 bits per heavy atom. The highest BCUT2D eigenvalue weighted by Crippen LogP contribution is 2.29. The van der Waals surface area contributed by atoms with Crippen LogP contribution in [0.25, 0.3) is 11.0 Å². The molecule has 0 spiro atoms. The summed E-state index contributed by atoms with van der Waals surface area (Å²) in [5, 5.41) is 3.46. The Morgan fingerprint density at radius 3 is 2.55 bits per heavy atom. The summed E-state index contributed by atoms with van der Waals surface area (Å²) in [5.41, 5.74) is 9.49. The van der Waals surface area contributed by atoms with Gasteiger partial charge in [-0.05, 0) is 51.8 Å². The fourth-order valence-corrected chi connectivity index (χ4v) is 3.18. The lowest BCUT2D eigenvalue weighted by molar-refractivity contribution is -0.154. The number of nitrogens with two attached hydrogens (primary N) is 1. The van der Waals surface area contributed by atoms with Gasteiger partial charge < -0.3 is 20.8 Å². The van der Waals surface area contributed by atoms with Gasteiger partial charge in [0.2, 0.25) is 5.95 Å². The molecule has 1 aromatic heterocycles. The third-order valence-electron chi connectivity index (χ3n) is 4.97. The van der Waals surface area contributed by atoms with Crippen molar-refractivity contribution >= 4 is 23.0 Å². The largest absolute Gasteiger partial charge is 0.462 e. The number of para-hydroxylation sites is 1. The van der Waals surface area contributed by atoms with Crippen LogP contribution in [0.2, 0.25) is 0 Å². The molecule has 29 heavy (non-hydrogen) atoms. The van der Waals surface area contributed by atoms with Crippen LogP contribution in [-0.2, 0) is 21.6 Å². The van der Waals surface area contributed by atoms with E-state index < -0.39 is 11.0 Å². The molecule has 0 saturated heterocycles. The Hall–Kier alpha value is -2.86. The zero-order valence-corrected chi connectivity index (χ0v) is 17.8. The summed E-state index contributed by atoms with van der Waals surface area (Å²) in [4.78, 5) is 20.4. The molecule has 0 amide bonds. The quantitative estimate of drug-likeness (QED) is 0.544. The summed E-state index contributed by atoms with van der Waals surface area (Å²) in [6.45, 7) is 10.2. The number of hydrogen-bond acceptors (Lipinski definition) is 5. The predicted molar refractivity (Wildman–Crippen MR) is 117 cm³/mol. The molecule has 0 saturated carbocycles. The highest BCUT2D eigenvalue weighted by Gasteiger charge is 2.32. The molecule has 6 nitrogen and oxygen atoms in total. The number of rotatable bonds is 6. The number of H-pyrrole nitrogens is 1. The topological polar surface area (TPSA) is 93.0 Å². The fraction of sp³-hybridized carbons (Fsp3) is 0.391. The van der Waals surface area contributed by atoms with E-state index in [1.807, 2.05) is 71.0 Å². The summed E-state index contributed by atoms with van der Waals surface area (Å²) < 4.78 is 5.69. The number of esters is 1. The SMILES string of the molecule is Cc1cccc(C(C)(COC(=O)C(C)(C)C)Nc2nc3c(CN)cccc3[nH]2)c1. The van der Waals surface area contributed by atoms with E-state index in [0.29, 0.717) is 12.5 Å². The Kier molecular flexibility index (Phi) is 5.66. The first kappa shape index (κ1) is 20.9. The van der Waals surface area contributed by atoms with Gasteiger partial charge in [-0.1, -0.05) is 42.0 Å². The van der Waals surface area contributed by atoms with Crippen molar-refractivity contribution in [1.82, 2.24) is 9.97 Å². The standard InChI is InChI=1S/C23H30N4O2/c1-15-8-6-10-17(12-15)23(5,14-29-20(28)22(2,3)4)27-21-25-18-11-7-9-16(13-24)19(18)26-21/h6-12H,13-14,24H2,1-5H3,(H2,25,26,27). The van der Waals surface area contributed by atoms with Gasteiger partial charge in [-0.3, -0.25) is 4.79 Å². The first-order valence-electron chi connectivity index (χ1n) is 9.82. The lowest BCUT2D eigenvalue weighted by Crippen LogP contribution is -2.40. The van der Waals surface area contributed by atoms with Crippen molar-refractivity contribution in [2.75, 3.05) is 11.9 Å². The maximum absolute atomic E-state index is 12.4. The van der Waals surface area contributed by atoms with E-state index in [9.17, 15) is 4.79 Å². The summed E-state index contributed by atoms with van der Waals surface area (Å²) in [6.07, 6.45) is 0. The van der Waals surface area contributed by atoms with Crippen molar-refractivity contribution in [3.05, 3.63) is 59.2 Å². The first-order valence-corrected chi connectivity index (χ1v) is 9.82. The van der Waals surface area contributed by atoms with Gasteiger partial charge in [-0.2, -0.15) is 0 Å². The number of aromatic amines is 1. The van der Waals surface area contributed by atoms with Crippen LogP contribution in [0.3, 0.4) is 0 Å². The van der Waals surface area contributed by atoms with Crippen LogP contribution in [0.4, 0.5) is 5.95 Å². The molecule has 6 heteroatoms. The Labute approximate surface area is 171 Å². The zero-order valence-electron chi connectivity index (χ0n) is 17.8. The van der Waals surface area contributed by atoms with Crippen LogP contribution in [0.15, 0.2) is 42.5 Å². The van der Waals surface area contributed by atoms with Gasteiger partial charge in [0.1, 0.15) is 6.61 Å². The van der Waals surface area contributed by atoms with Gasteiger partial charge in [0.15, 0.2) is 0 Å². The molecule has 1 heterocycles. The minimum absolute atomic E-state index is 0.174. The van der Waals surface area contributed by atoms with E-state index >= 15 is 0 Å². The smallest absolute Gasteiger partial charge is 0.311 e. The lowest BCUT2D eigenvalue weighted by atomic mass is 9.91. The molecule has 0 bridgehead atoms. The minimum Gasteiger partial charge on any atom is -0.462 e. The predicted octanol–water partition coefficient (Wildman–Crippen LogP) is 4.25. The Balaban J connectivity index is 1.96. The molecule has 1 unspecified atom stereocenters. The second-order valence-corrected chi connectivity index (χ2v) is 8.76. The van der Waals surface area contributed by atoms with Crippen molar-refractivity contribution in [1.29, 1.82) is 0 Å². The number of nitrogens with zero attached hydrogens (tertiary/aromatic N) is 1. The average Bonchev–Trinajstić information content (AvgIpc) is 3.07. The van der Waals surface area contributed by atoms with Gasteiger partial charge in [-0.25, -0.2) is 4.98 Å². The number of imidazole rings is 1. The molecule has 0 aliphatic carbocycles. The van der Waals surface area contributed by atoms with Crippen molar-refractivity contribution in [3.8, 4) is 0 Å². The molecule has 2 aromatic carbocycles. The molecule has 4 N–H and O–H groups in total. The summed E-state index contributed by atoms with van der Waals surface area (Å²) in [7, 11) is 0. The number of aromatic nitrogens is 2. The number of benzene rings is 2. The zero-order chi connectivity index (χ0) is 21.2. The number of aryl methyl sites for hydroxylation is 1. The van der Waals surface area contributed by atoms with Crippen molar-refractivity contribution in [2.45, 2.75) is 46.7 Å². The van der Waals surface area contributed by atoms with Crippen LogP contribution < -0.4 is 11.1 Å². The summed E-state index contributed by atoms with van der Waals surface area (Å²) >= 11 is 0. The van der Waals surface area contributed by atoms with Gasteiger partial charge in [0.25, 0.3) is 0 Å². The van der Waals surface area contributed by atoms with Gasteiger partial charge >= 0.3 is 5.97 Å². The molecule has 0 aliphatic rings. The third-order valence-corrected chi connectivity index (χ3v) is 4.97. The Bertz CT molecular complexity index is 1020. The van der Waals surface area contributed by atoms with Crippen LogP contribution in [-0.4, -0.2) is 22.5 Å². The van der Waals surface area contributed by atoms with Crippen molar-refractivity contribution in [2.24, 2.45) is 11.1 Å². The maximum atomic E-state index is 12.4. The molecular weight excluding hydrogens is 364 g/mol. The molecule has 3 aromatic rings. The molecule has 3 rings (SSSR count). The highest BCUT2D eigenvalue weighted by atomic mass is 16.5. The van der Waals surface area contributed by atoms with E-state index in [1.54, 1.807) is 0 Å². The van der Waals surface area contributed by atoms with Crippen LogP contribution in [0.1, 0.15) is 44.4 Å².